The highest BCUT2D eigenvalue weighted by Gasteiger charge is 2.08. The van der Waals surface area contributed by atoms with E-state index >= 15 is 0 Å². The fourth-order valence-corrected chi connectivity index (χ4v) is 1.77. The predicted molar refractivity (Wildman–Crippen MR) is 68.9 cm³/mol. The van der Waals surface area contributed by atoms with Crippen LogP contribution < -0.4 is 10.5 Å². The van der Waals surface area contributed by atoms with Gasteiger partial charge in [0.1, 0.15) is 11.3 Å². The van der Waals surface area contributed by atoms with Gasteiger partial charge in [-0.3, -0.25) is 0 Å². The first-order chi connectivity index (χ1) is 8.74. The van der Waals surface area contributed by atoms with Gasteiger partial charge in [-0.2, -0.15) is 5.10 Å². The topological polar surface area (TPSA) is 65.4 Å². The van der Waals surface area contributed by atoms with Crippen LogP contribution in [0.1, 0.15) is 0 Å². The number of nitrogens with zero attached hydrogens (tertiary/aromatic N) is 3. The summed E-state index contributed by atoms with van der Waals surface area (Å²) in [6.45, 7) is 0. The molecule has 0 fully saturated rings. The van der Waals surface area contributed by atoms with Crippen molar-refractivity contribution in [2.45, 2.75) is 0 Å². The summed E-state index contributed by atoms with van der Waals surface area (Å²) in [6.07, 6.45) is 5.02. The molecule has 5 nitrogen and oxygen atoms in total. The van der Waals surface area contributed by atoms with Gasteiger partial charge in [-0.25, -0.2) is 9.50 Å². The highest BCUT2D eigenvalue weighted by Crippen LogP contribution is 2.31. The summed E-state index contributed by atoms with van der Waals surface area (Å²) >= 11 is 6.04. The molecule has 18 heavy (non-hydrogen) atoms. The zero-order valence-corrected chi connectivity index (χ0v) is 10.0. The van der Waals surface area contributed by atoms with E-state index in [4.69, 9.17) is 22.1 Å². The van der Waals surface area contributed by atoms with Gasteiger partial charge < -0.3 is 10.5 Å². The third-order valence-corrected chi connectivity index (χ3v) is 2.76. The number of hydrogen-bond donors (Lipinski definition) is 1. The Morgan fingerprint density at radius 1 is 1.22 bits per heavy atom. The molecule has 3 rings (SSSR count). The maximum absolute atomic E-state index is 6.04. The highest BCUT2D eigenvalue weighted by molar-refractivity contribution is 6.32. The van der Waals surface area contributed by atoms with Crippen LogP contribution in [0, 0.1) is 0 Å². The first kappa shape index (κ1) is 10.9. The van der Waals surface area contributed by atoms with E-state index in [0.29, 0.717) is 22.3 Å². The smallest absolute Gasteiger partial charge is 0.245 e. The van der Waals surface area contributed by atoms with Crippen LogP contribution in [0.15, 0.2) is 42.9 Å². The number of ether oxygens (including phenoxy) is 1. The molecule has 0 bridgehead atoms. The maximum Gasteiger partial charge on any atom is 0.245 e. The number of nitrogen functional groups attached to an aromatic ring is 1. The molecule has 0 saturated carbocycles. The first-order valence-corrected chi connectivity index (χ1v) is 5.63. The van der Waals surface area contributed by atoms with E-state index in [2.05, 4.69) is 10.1 Å². The largest absolute Gasteiger partial charge is 0.435 e. The fourth-order valence-electron chi connectivity index (χ4n) is 1.61. The lowest BCUT2D eigenvalue weighted by atomic mass is 10.3. The maximum atomic E-state index is 6.04. The van der Waals surface area contributed by atoms with Gasteiger partial charge in [0.25, 0.3) is 0 Å². The SMILES string of the molecule is Nc1ccc(Cl)c(Oc2nccn3nccc23)c1. The molecule has 0 radical (unpaired) electrons. The summed E-state index contributed by atoms with van der Waals surface area (Å²) in [5.41, 5.74) is 7.04. The Morgan fingerprint density at radius 3 is 3.00 bits per heavy atom. The van der Waals surface area contributed by atoms with Crippen molar-refractivity contribution in [1.29, 1.82) is 0 Å². The number of anilines is 1. The van der Waals surface area contributed by atoms with Crippen molar-refractivity contribution in [3.63, 3.8) is 0 Å². The van der Waals surface area contributed by atoms with Crippen molar-refractivity contribution in [2.75, 3.05) is 5.73 Å². The van der Waals surface area contributed by atoms with E-state index < -0.39 is 0 Å². The Balaban J connectivity index is 2.06. The van der Waals surface area contributed by atoms with E-state index in [1.807, 2.05) is 6.07 Å². The molecule has 0 aliphatic carbocycles. The molecule has 0 aliphatic heterocycles. The van der Waals surface area contributed by atoms with Gasteiger partial charge in [0.05, 0.1) is 11.2 Å². The Bertz CT molecular complexity index is 710. The number of aromatic nitrogens is 3. The Kier molecular flexibility index (Phi) is 2.53. The van der Waals surface area contributed by atoms with Crippen LogP contribution in [0.5, 0.6) is 11.6 Å². The van der Waals surface area contributed by atoms with Gasteiger partial charge in [-0.1, -0.05) is 11.6 Å². The van der Waals surface area contributed by atoms with Gasteiger partial charge in [-0.05, 0) is 18.2 Å². The van der Waals surface area contributed by atoms with Crippen molar-refractivity contribution in [3.05, 3.63) is 47.9 Å². The summed E-state index contributed by atoms with van der Waals surface area (Å²) < 4.78 is 7.35. The highest BCUT2D eigenvalue weighted by atomic mass is 35.5. The molecule has 6 heteroatoms. The van der Waals surface area contributed by atoms with Crippen LogP contribution in [0.4, 0.5) is 5.69 Å². The molecule has 2 N–H and O–H groups in total. The van der Waals surface area contributed by atoms with E-state index in [9.17, 15) is 0 Å². The zero-order valence-electron chi connectivity index (χ0n) is 9.25. The van der Waals surface area contributed by atoms with Crippen molar-refractivity contribution >= 4 is 22.8 Å². The van der Waals surface area contributed by atoms with Crippen LogP contribution >= 0.6 is 11.6 Å². The second kappa shape index (κ2) is 4.19. The molecule has 2 heterocycles. The van der Waals surface area contributed by atoms with E-state index in [1.165, 1.54) is 0 Å². The second-order valence-electron chi connectivity index (χ2n) is 3.69. The van der Waals surface area contributed by atoms with Gasteiger partial charge in [0.15, 0.2) is 0 Å². The first-order valence-electron chi connectivity index (χ1n) is 5.25. The number of nitrogens with two attached hydrogens (primary N) is 1. The van der Waals surface area contributed by atoms with Gasteiger partial charge >= 0.3 is 0 Å². The molecule has 0 spiro atoms. The molecule has 0 aliphatic rings. The standard InChI is InChI=1S/C12H9ClN4O/c13-9-2-1-8(14)7-11(9)18-12-10-3-4-16-17(10)6-5-15-12/h1-7H,14H2. The van der Waals surface area contributed by atoms with E-state index in [1.54, 1.807) is 41.3 Å². The van der Waals surface area contributed by atoms with Crippen LogP contribution in [0.2, 0.25) is 5.02 Å². The average Bonchev–Trinajstić information content (AvgIpc) is 2.83. The molecule has 90 valence electrons. The lowest BCUT2D eigenvalue weighted by molar-refractivity contribution is 0.466. The molecule has 0 amide bonds. The summed E-state index contributed by atoms with van der Waals surface area (Å²) in [5.74, 6) is 0.904. The Labute approximate surface area is 108 Å². The van der Waals surface area contributed by atoms with Crippen LogP contribution in [0.25, 0.3) is 5.52 Å². The van der Waals surface area contributed by atoms with Crippen LogP contribution in [-0.2, 0) is 0 Å². The molecule has 3 aromatic rings. The van der Waals surface area contributed by atoms with E-state index in [-0.39, 0.29) is 0 Å². The summed E-state index contributed by atoms with van der Waals surface area (Å²) in [4.78, 5) is 4.16. The minimum atomic E-state index is 0.433. The van der Waals surface area contributed by atoms with Crippen molar-refractivity contribution in [2.24, 2.45) is 0 Å². The summed E-state index contributed by atoms with van der Waals surface area (Å²) in [5, 5.41) is 4.58. The van der Waals surface area contributed by atoms with Crippen LogP contribution in [0.3, 0.4) is 0 Å². The number of halogens is 1. The van der Waals surface area contributed by atoms with Gasteiger partial charge in [0, 0.05) is 24.1 Å². The zero-order chi connectivity index (χ0) is 12.5. The van der Waals surface area contributed by atoms with E-state index in [0.717, 1.165) is 5.52 Å². The molecule has 0 saturated heterocycles. The Hall–Kier alpha value is -2.27. The quantitative estimate of drug-likeness (QED) is 0.720. The number of rotatable bonds is 2. The fraction of sp³-hybridized carbons (Fsp3) is 0. The minimum absolute atomic E-state index is 0.433. The molecule has 1 aromatic carbocycles. The Morgan fingerprint density at radius 2 is 2.11 bits per heavy atom. The lowest BCUT2D eigenvalue weighted by Crippen LogP contribution is -1.95. The summed E-state index contributed by atoms with van der Waals surface area (Å²) in [6, 6.07) is 6.86. The predicted octanol–water partition coefficient (Wildman–Crippen LogP) is 2.76. The summed E-state index contributed by atoms with van der Waals surface area (Å²) in [7, 11) is 0. The molecule has 0 unspecified atom stereocenters. The third-order valence-electron chi connectivity index (χ3n) is 2.45. The van der Waals surface area contributed by atoms with Gasteiger partial charge in [0.2, 0.25) is 5.88 Å². The van der Waals surface area contributed by atoms with Crippen molar-refractivity contribution in [1.82, 2.24) is 14.6 Å². The number of benzene rings is 1. The van der Waals surface area contributed by atoms with Crippen molar-refractivity contribution < 1.29 is 4.74 Å². The monoisotopic (exact) mass is 260 g/mol. The number of hydrogen-bond acceptors (Lipinski definition) is 4. The second-order valence-corrected chi connectivity index (χ2v) is 4.09. The van der Waals surface area contributed by atoms with Crippen LogP contribution in [-0.4, -0.2) is 14.6 Å². The minimum Gasteiger partial charge on any atom is -0.435 e. The average molecular weight is 261 g/mol. The van der Waals surface area contributed by atoms with Gasteiger partial charge in [-0.15, -0.1) is 0 Å². The molecule has 0 atom stereocenters. The third kappa shape index (κ3) is 1.84. The normalized spacial score (nSPS) is 10.7. The lowest BCUT2D eigenvalue weighted by Gasteiger charge is -2.08. The van der Waals surface area contributed by atoms with Crippen molar-refractivity contribution in [3.8, 4) is 11.6 Å². The molecular weight excluding hydrogens is 252 g/mol. The molecular formula is C12H9ClN4O. The number of fused-ring (bicyclic) bond motifs is 1. The molecule has 2 aromatic heterocycles.